The van der Waals surface area contributed by atoms with Crippen molar-refractivity contribution in [3.05, 3.63) is 83.9 Å². The van der Waals surface area contributed by atoms with Crippen molar-refractivity contribution >= 4 is 5.97 Å². The standard InChI is InChI=1S/C24H24O4/c1-26-13-14-28-17-23-21(18-9-5-3-6-10-18)15-20(24(25)27-2)16-22(23)19-11-7-4-8-12-19/h3-12,15-16H,13-14,17H2,1-2H3. The molecule has 0 bridgehead atoms. The van der Waals surface area contributed by atoms with Gasteiger partial charge in [0.1, 0.15) is 0 Å². The summed E-state index contributed by atoms with van der Waals surface area (Å²) in [4.78, 5) is 12.3. The zero-order valence-electron chi connectivity index (χ0n) is 16.2. The van der Waals surface area contributed by atoms with Crippen LogP contribution in [0.2, 0.25) is 0 Å². The van der Waals surface area contributed by atoms with Gasteiger partial charge in [0.05, 0.1) is 32.5 Å². The summed E-state index contributed by atoms with van der Waals surface area (Å²) in [6, 6.07) is 23.8. The molecule has 3 aromatic rings. The summed E-state index contributed by atoms with van der Waals surface area (Å²) in [7, 11) is 3.05. The summed E-state index contributed by atoms with van der Waals surface area (Å²) in [5.74, 6) is -0.360. The number of esters is 1. The first-order valence-corrected chi connectivity index (χ1v) is 9.17. The van der Waals surface area contributed by atoms with Crippen molar-refractivity contribution in [2.45, 2.75) is 6.61 Å². The maximum atomic E-state index is 12.3. The molecule has 0 aromatic heterocycles. The molecule has 3 rings (SSSR count). The van der Waals surface area contributed by atoms with Crippen LogP contribution in [0, 0.1) is 0 Å². The van der Waals surface area contributed by atoms with Crippen molar-refractivity contribution in [2.75, 3.05) is 27.4 Å². The Hall–Kier alpha value is -2.95. The Labute approximate surface area is 165 Å². The second kappa shape index (κ2) is 9.83. The second-order valence-electron chi connectivity index (χ2n) is 6.32. The first kappa shape index (κ1) is 19.8. The molecule has 0 spiro atoms. The largest absolute Gasteiger partial charge is 0.465 e. The van der Waals surface area contributed by atoms with E-state index in [1.54, 1.807) is 7.11 Å². The van der Waals surface area contributed by atoms with Crippen LogP contribution in [0.25, 0.3) is 22.3 Å². The van der Waals surface area contributed by atoms with E-state index in [1.807, 2.05) is 72.8 Å². The summed E-state index contributed by atoms with van der Waals surface area (Å²) in [6.45, 7) is 1.44. The Bertz CT molecular complexity index is 844. The molecule has 4 nitrogen and oxygen atoms in total. The second-order valence-corrected chi connectivity index (χ2v) is 6.32. The van der Waals surface area contributed by atoms with Crippen LogP contribution in [0.5, 0.6) is 0 Å². The average molecular weight is 376 g/mol. The Morgan fingerprint density at radius 3 is 1.79 bits per heavy atom. The van der Waals surface area contributed by atoms with Gasteiger partial charge in [0.2, 0.25) is 0 Å². The maximum Gasteiger partial charge on any atom is 0.337 e. The number of carbonyl (C=O) groups is 1. The van der Waals surface area contributed by atoms with Gasteiger partial charge in [-0.2, -0.15) is 0 Å². The van der Waals surface area contributed by atoms with Gasteiger partial charge < -0.3 is 14.2 Å². The van der Waals surface area contributed by atoms with Crippen LogP contribution < -0.4 is 0 Å². The molecule has 0 saturated carbocycles. The van der Waals surface area contributed by atoms with Gasteiger partial charge in [-0.15, -0.1) is 0 Å². The SMILES string of the molecule is COCCOCc1c(-c2ccccc2)cc(C(=O)OC)cc1-c1ccccc1. The van der Waals surface area contributed by atoms with Gasteiger partial charge in [-0.1, -0.05) is 60.7 Å². The maximum absolute atomic E-state index is 12.3. The Morgan fingerprint density at radius 2 is 1.32 bits per heavy atom. The number of carbonyl (C=O) groups excluding carboxylic acids is 1. The van der Waals surface area contributed by atoms with Crippen LogP contribution in [-0.2, 0) is 20.8 Å². The summed E-state index contributed by atoms with van der Waals surface area (Å²) in [5.41, 5.74) is 5.51. The molecule has 28 heavy (non-hydrogen) atoms. The quantitative estimate of drug-likeness (QED) is 0.411. The van der Waals surface area contributed by atoms with Crippen LogP contribution in [0.4, 0.5) is 0 Å². The molecular weight excluding hydrogens is 352 g/mol. The van der Waals surface area contributed by atoms with Crippen molar-refractivity contribution in [3.63, 3.8) is 0 Å². The third-order valence-electron chi connectivity index (χ3n) is 4.52. The highest BCUT2D eigenvalue weighted by Crippen LogP contribution is 2.35. The van der Waals surface area contributed by atoms with E-state index in [0.717, 1.165) is 27.8 Å². The van der Waals surface area contributed by atoms with Crippen molar-refractivity contribution in [1.29, 1.82) is 0 Å². The van der Waals surface area contributed by atoms with E-state index in [4.69, 9.17) is 14.2 Å². The molecule has 0 atom stereocenters. The highest BCUT2D eigenvalue weighted by molar-refractivity contribution is 5.94. The smallest absolute Gasteiger partial charge is 0.337 e. The Kier molecular flexibility index (Phi) is 6.95. The summed E-state index contributed by atoms with van der Waals surface area (Å²) in [6.07, 6.45) is 0. The fraction of sp³-hybridized carbons (Fsp3) is 0.208. The number of ether oxygens (including phenoxy) is 3. The van der Waals surface area contributed by atoms with Crippen LogP contribution in [0.15, 0.2) is 72.8 Å². The molecular formula is C24H24O4. The lowest BCUT2D eigenvalue weighted by molar-refractivity contribution is 0.0598. The predicted octanol–water partition coefficient (Wildman–Crippen LogP) is 4.97. The number of rotatable bonds is 8. The van der Waals surface area contributed by atoms with E-state index in [1.165, 1.54) is 7.11 Å². The number of benzene rings is 3. The normalized spacial score (nSPS) is 10.6. The van der Waals surface area contributed by atoms with E-state index < -0.39 is 0 Å². The number of hydrogen-bond donors (Lipinski definition) is 0. The van der Waals surface area contributed by atoms with Gasteiger partial charge in [-0.05, 0) is 39.9 Å². The number of methoxy groups -OCH3 is 2. The molecule has 0 aliphatic rings. The highest BCUT2D eigenvalue weighted by atomic mass is 16.5. The van der Waals surface area contributed by atoms with Gasteiger partial charge in [-0.3, -0.25) is 0 Å². The van der Waals surface area contributed by atoms with Crippen LogP contribution in [0.3, 0.4) is 0 Å². The van der Waals surface area contributed by atoms with E-state index in [9.17, 15) is 4.79 Å². The molecule has 144 valence electrons. The molecule has 0 N–H and O–H groups in total. The third kappa shape index (κ3) is 4.66. The molecule has 0 heterocycles. The first-order valence-electron chi connectivity index (χ1n) is 9.17. The zero-order chi connectivity index (χ0) is 19.8. The van der Waals surface area contributed by atoms with Gasteiger partial charge in [0.25, 0.3) is 0 Å². The minimum atomic E-state index is -0.360. The predicted molar refractivity (Wildman–Crippen MR) is 110 cm³/mol. The van der Waals surface area contributed by atoms with Crippen molar-refractivity contribution < 1.29 is 19.0 Å². The van der Waals surface area contributed by atoms with Crippen LogP contribution in [0.1, 0.15) is 15.9 Å². The van der Waals surface area contributed by atoms with Gasteiger partial charge in [0.15, 0.2) is 0 Å². The minimum absolute atomic E-state index is 0.360. The Balaban J connectivity index is 2.17. The third-order valence-corrected chi connectivity index (χ3v) is 4.52. The monoisotopic (exact) mass is 376 g/mol. The molecule has 0 saturated heterocycles. The fourth-order valence-corrected chi connectivity index (χ4v) is 3.13. The highest BCUT2D eigenvalue weighted by Gasteiger charge is 2.17. The molecule has 0 aliphatic carbocycles. The average Bonchev–Trinajstić information content (AvgIpc) is 2.77. The Morgan fingerprint density at radius 1 is 0.786 bits per heavy atom. The molecule has 3 aromatic carbocycles. The van der Waals surface area contributed by atoms with E-state index in [-0.39, 0.29) is 5.97 Å². The van der Waals surface area contributed by atoms with Gasteiger partial charge >= 0.3 is 5.97 Å². The molecule has 0 fully saturated rings. The minimum Gasteiger partial charge on any atom is -0.465 e. The van der Waals surface area contributed by atoms with Gasteiger partial charge in [0, 0.05) is 7.11 Å². The van der Waals surface area contributed by atoms with Crippen molar-refractivity contribution in [3.8, 4) is 22.3 Å². The van der Waals surface area contributed by atoms with E-state index in [2.05, 4.69) is 0 Å². The number of hydrogen-bond acceptors (Lipinski definition) is 4. The molecule has 0 radical (unpaired) electrons. The molecule has 4 heteroatoms. The lowest BCUT2D eigenvalue weighted by Crippen LogP contribution is -2.07. The zero-order valence-corrected chi connectivity index (χ0v) is 16.2. The first-order chi connectivity index (χ1) is 13.7. The molecule has 0 amide bonds. The lowest BCUT2D eigenvalue weighted by Gasteiger charge is -2.18. The summed E-state index contributed by atoms with van der Waals surface area (Å²) >= 11 is 0. The fourth-order valence-electron chi connectivity index (χ4n) is 3.13. The topological polar surface area (TPSA) is 44.8 Å². The van der Waals surface area contributed by atoms with Crippen LogP contribution >= 0.6 is 0 Å². The van der Waals surface area contributed by atoms with E-state index in [0.29, 0.717) is 25.4 Å². The molecule has 0 unspecified atom stereocenters. The van der Waals surface area contributed by atoms with Crippen molar-refractivity contribution in [1.82, 2.24) is 0 Å². The van der Waals surface area contributed by atoms with E-state index >= 15 is 0 Å². The van der Waals surface area contributed by atoms with Crippen molar-refractivity contribution in [2.24, 2.45) is 0 Å². The van der Waals surface area contributed by atoms with Crippen LogP contribution in [-0.4, -0.2) is 33.4 Å². The summed E-state index contributed by atoms with van der Waals surface area (Å²) < 4.78 is 15.9. The lowest BCUT2D eigenvalue weighted by atomic mass is 9.90. The molecule has 0 aliphatic heterocycles. The summed E-state index contributed by atoms with van der Waals surface area (Å²) in [5, 5.41) is 0. The van der Waals surface area contributed by atoms with Gasteiger partial charge in [-0.25, -0.2) is 4.79 Å².